The largest absolute Gasteiger partial charge is 0.497 e. The molecule has 0 spiro atoms. The van der Waals surface area contributed by atoms with E-state index in [1.807, 2.05) is 20.8 Å². The fourth-order valence-electron chi connectivity index (χ4n) is 1.96. The van der Waals surface area contributed by atoms with E-state index in [0.29, 0.717) is 17.1 Å². The van der Waals surface area contributed by atoms with Crippen molar-refractivity contribution >= 4 is 0 Å². The third kappa shape index (κ3) is 2.44. The summed E-state index contributed by atoms with van der Waals surface area (Å²) in [5, 5.41) is 10.9. The van der Waals surface area contributed by atoms with Gasteiger partial charge in [-0.2, -0.15) is 0 Å². The highest BCUT2D eigenvalue weighted by molar-refractivity contribution is 5.45. The second-order valence-electron chi connectivity index (χ2n) is 5.38. The molecule has 1 rings (SSSR count). The van der Waals surface area contributed by atoms with Crippen LogP contribution in [0.5, 0.6) is 11.5 Å². The molecular formula is C14H23NO3. The number of ether oxygens (including phenoxy) is 2. The van der Waals surface area contributed by atoms with Gasteiger partial charge in [-0.3, -0.25) is 0 Å². The number of methoxy groups -OCH3 is 2. The lowest BCUT2D eigenvalue weighted by Gasteiger charge is -2.40. The van der Waals surface area contributed by atoms with Gasteiger partial charge in [-0.05, 0) is 23.6 Å². The zero-order chi connectivity index (χ0) is 14.0. The first kappa shape index (κ1) is 14.8. The maximum absolute atomic E-state index is 10.9. The molecule has 102 valence electrons. The Kier molecular flexibility index (Phi) is 4.24. The van der Waals surface area contributed by atoms with Crippen LogP contribution in [0.4, 0.5) is 0 Å². The van der Waals surface area contributed by atoms with Gasteiger partial charge in [-0.1, -0.05) is 20.8 Å². The minimum atomic E-state index is -1.17. The Balaban J connectivity index is 3.44. The molecule has 1 unspecified atom stereocenters. The Morgan fingerprint density at radius 3 is 2.17 bits per heavy atom. The van der Waals surface area contributed by atoms with Gasteiger partial charge in [0, 0.05) is 12.1 Å². The summed E-state index contributed by atoms with van der Waals surface area (Å²) in [5.41, 5.74) is 4.86. The van der Waals surface area contributed by atoms with Crippen LogP contribution in [-0.2, 0) is 5.60 Å². The van der Waals surface area contributed by atoms with Crippen molar-refractivity contribution in [1.29, 1.82) is 0 Å². The molecule has 0 saturated carbocycles. The Bertz CT molecular complexity index is 412. The van der Waals surface area contributed by atoms with Crippen molar-refractivity contribution in [2.24, 2.45) is 11.1 Å². The monoisotopic (exact) mass is 253 g/mol. The molecule has 0 heterocycles. The predicted octanol–water partition coefficient (Wildman–Crippen LogP) is 1.90. The molecule has 0 aliphatic carbocycles. The van der Waals surface area contributed by atoms with E-state index in [0.717, 1.165) is 0 Å². The fraction of sp³-hybridized carbons (Fsp3) is 0.571. The SMILES string of the molecule is COc1ccc(OC)c(C(O)(CN)C(C)(C)C)c1. The first-order valence-corrected chi connectivity index (χ1v) is 5.95. The van der Waals surface area contributed by atoms with E-state index in [2.05, 4.69) is 0 Å². The highest BCUT2D eigenvalue weighted by Gasteiger charge is 2.42. The molecule has 0 aliphatic heterocycles. The van der Waals surface area contributed by atoms with Crippen LogP contribution in [0.25, 0.3) is 0 Å². The molecule has 0 aromatic heterocycles. The number of aliphatic hydroxyl groups is 1. The molecule has 4 nitrogen and oxygen atoms in total. The Morgan fingerprint density at radius 1 is 1.17 bits per heavy atom. The topological polar surface area (TPSA) is 64.7 Å². The minimum absolute atomic E-state index is 0.111. The van der Waals surface area contributed by atoms with Gasteiger partial charge in [0.05, 0.1) is 14.2 Å². The van der Waals surface area contributed by atoms with Gasteiger partial charge in [0.25, 0.3) is 0 Å². The van der Waals surface area contributed by atoms with Crippen LogP contribution >= 0.6 is 0 Å². The van der Waals surface area contributed by atoms with E-state index in [-0.39, 0.29) is 6.54 Å². The van der Waals surface area contributed by atoms with E-state index in [4.69, 9.17) is 15.2 Å². The minimum Gasteiger partial charge on any atom is -0.497 e. The Hall–Kier alpha value is -1.26. The molecule has 0 bridgehead atoms. The average molecular weight is 253 g/mol. The summed E-state index contributed by atoms with van der Waals surface area (Å²) in [6, 6.07) is 5.35. The Labute approximate surface area is 109 Å². The molecule has 0 saturated heterocycles. The molecule has 0 radical (unpaired) electrons. The van der Waals surface area contributed by atoms with E-state index in [1.54, 1.807) is 32.4 Å². The van der Waals surface area contributed by atoms with Gasteiger partial charge >= 0.3 is 0 Å². The lowest BCUT2D eigenvalue weighted by atomic mass is 9.72. The van der Waals surface area contributed by atoms with Gasteiger partial charge in [-0.25, -0.2) is 0 Å². The summed E-state index contributed by atoms with van der Waals surface area (Å²) >= 11 is 0. The quantitative estimate of drug-likeness (QED) is 0.860. The molecule has 0 amide bonds. The third-order valence-corrected chi connectivity index (χ3v) is 3.39. The molecule has 1 aromatic rings. The molecule has 18 heavy (non-hydrogen) atoms. The number of hydrogen-bond acceptors (Lipinski definition) is 4. The van der Waals surface area contributed by atoms with Crippen LogP contribution in [0.3, 0.4) is 0 Å². The van der Waals surface area contributed by atoms with Crippen molar-refractivity contribution in [3.63, 3.8) is 0 Å². The second-order valence-corrected chi connectivity index (χ2v) is 5.38. The van der Waals surface area contributed by atoms with Crippen molar-refractivity contribution in [3.05, 3.63) is 23.8 Å². The predicted molar refractivity (Wildman–Crippen MR) is 72.0 cm³/mol. The maximum Gasteiger partial charge on any atom is 0.125 e. The van der Waals surface area contributed by atoms with Crippen molar-refractivity contribution in [2.75, 3.05) is 20.8 Å². The molecule has 3 N–H and O–H groups in total. The van der Waals surface area contributed by atoms with Crippen LogP contribution in [-0.4, -0.2) is 25.9 Å². The first-order chi connectivity index (χ1) is 8.30. The summed E-state index contributed by atoms with van der Waals surface area (Å²) in [6.07, 6.45) is 0. The van der Waals surface area contributed by atoms with Crippen LogP contribution < -0.4 is 15.2 Å². The van der Waals surface area contributed by atoms with Crippen molar-refractivity contribution < 1.29 is 14.6 Å². The highest BCUT2D eigenvalue weighted by Crippen LogP contribution is 2.43. The van der Waals surface area contributed by atoms with Crippen LogP contribution in [0.1, 0.15) is 26.3 Å². The van der Waals surface area contributed by atoms with Crippen LogP contribution in [0.15, 0.2) is 18.2 Å². The fourth-order valence-corrected chi connectivity index (χ4v) is 1.96. The Morgan fingerprint density at radius 2 is 1.78 bits per heavy atom. The second kappa shape index (κ2) is 5.16. The van der Waals surface area contributed by atoms with Gasteiger partial charge in [0.2, 0.25) is 0 Å². The summed E-state index contributed by atoms with van der Waals surface area (Å²) in [6.45, 7) is 5.94. The zero-order valence-corrected chi connectivity index (χ0v) is 11.8. The number of hydrogen-bond donors (Lipinski definition) is 2. The van der Waals surface area contributed by atoms with E-state index >= 15 is 0 Å². The number of rotatable bonds is 4. The highest BCUT2D eigenvalue weighted by atomic mass is 16.5. The normalized spacial score (nSPS) is 15.1. The zero-order valence-electron chi connectivity index (χ0n) is 11.8. The number of benzene rings is 1. The van der Waals surface area contributed by atoms with E-state index < -0.39 is 11.0 Å². The summed E-state index contributed by atoms with van der Waals surface area (Å²) in [5.74, 6) is 1.28. The van der Waals surface area contributed by atoms with E-state index in [9.17, 15) is 5.11 Å². The molecule has 0 fully saturated rings. The van der Waals surface area contributed by atoms with Crippen molar-refractivity contribution in [1.82, 2.24) is 0 Å². The first-order valence-electron chi connectivity index (χ1n) is 5.95. The van der Waals surface area contributed by atoms with E-state index in [1.165, 1.54) is 0 Å². The third-order valence-electron chi connectivity index (χ3n) is 3.39. The van der Waals surface area contributed by atoms with Gasteiger partial charge in [-0.15, -0.1) is 0 Å². The lowest BCUT2D eigenvalue weighted by Crippen LogP contribution is -2.46. The van der Waals surface area contributed by atoms with Crippen molar-refractivity contribution in [3.8, 4) is 11.5 Å². The lowest BCUT2D eigenvalue weighted by molar-refractivity contribution is -0.0573. The van der Waals surface area contributed by atoms with Gasteiger partial charge < -0.3 is 20.3 Å². The molecule has 0 aliphatic rings. The molecule has 1 atom stereocenters. The van der Waals surface area contributed by atoms with Crippen LogP contribution in [0.2, 0.25) is 0 Å². The van der Waals surface area contributed by atoms with Crippen molar-refractivity contribution in [2.45, 2.75) is 26.4 Å². The average Bonchev–Trinajstić information content (AvgIpc) is 2.35. The van der Waals surface area contributed by atoms with Gasteiger partial charge in [0.15, 0.2) is 0 Å². The molecular weight excluding hydrogens is 230 g/mol. The summed E-state index contributed by atoms with van der Waals surface area (Å²) < 4.78 is 10.5. The summed E-state index contributed by atoms with van der Waals surface area (Å²) in [4.78, 5) is 0. The summed E-state index contributed by atoms with van der Waals surface area (Å²) in [7, 11) is 3.16. The standard InChI is InChI=1S/C14H23NO3/c1-13(2,3)14(16,9-15)11-8-10(17-4)6-7-12(11)18-5/h6-8,16H,9,15H2,1-5H3. The maximum atomic E-state index is 10.9. The smallest absolute Gasteiger partial charge is 0.125 e. The molecule has 4 heteroatoms. The van der Waals surface area contributed by atoms with Gasteiger partial charge in [0.1, 0.15) is 17.1 Å². The number of nitrogens with two attached hydrogens (primary N) is 1. The van der Waals surface area contributed by atoms with Crippen LogP contribution in [0, 0.1) is 5.41 Å². The molecule has 1 aromatic carbocycles.